The predicted octanol–water partition coefficient (Wildman–Crippen LogP) is 5.50. The molecule has 0 aromatic heterocycles. The highest BCUT2D eigenvalue weighted by Gasteiger charge is 2.45. The van der Waals surface area contributed by atoms with E-state index in [0.717, 1.165) is 31.1 Å². The number of fused-ring (bicyclic) bond motifs is 1. The van der Waals surface area contributed by atoms with Crippen LogP contribution in [-0.4, -0.2) is 11.2 Å². The molecule has 1 saturated carbocycles. The Hall–Kier alpha value is -0.560. The van der Waals surface area contributed by atoms with Crippen molar-refractivity contribution in [3.05, 3.63) is 23.3 Å². The van der Waals surface area contributed by atoms with Gasteiger partial charge in [0.05, 0.1) is 6.10 Å². The van der Waals surface area contributed by atoms with Gasteiger partial charge in [0.15, 0.2) is 0 Å². The first-order valence-corrected chi connectivity index (χ1v) is 8.84. The Morgan fingerprint density at radius 2 is 1.95 bits per heavy atom. The van der Waals surface area contributed by atoms with Crippen molar-refractivity contribution in [1.82, 2.24) is 0 Å². The first-order chi connectivity index (χ1) is 9.83. The average molecular weight is 290 g/mol. The molecule has 120 valence electrons. The molecular weight excluding hydrogens is 256 g/mol. The van der Waals surface area contributed by atoms with Gasteiger partial charge in [-0.3, -0.25) is 0 Å². The minimum absolute atomic E-state index is 0.243. The van der Waals surface area contributed by atoms with E-state index in [-0.39, 0.29) is 6.10 Å². The van der Waals surface area contributed by atoms with Gasteiger partial charge in [0.25, 0.3) is 0 Å². The largest absolute Gasteiger partial charge is 0.389 e. The normalized spacial score (nSPS) is 43.5. The molecule has 2 rings (SSSR count). The lowest BCUT2D eigenvalue weighted by Crippen LogP contribution is -2.31. The summed E-state index contributed by atoms with van der Waals surface area (Å²) >= 11 is 0. The quantitative estimate of drug-likeness (QED) is 0.632. The van der Waals surface area contributed by atoms with Gasteiger partial charge in [0.2, 0.25) is 0 Å². The van der Waals surface area contributed by atoms with E-state index >= 15 is 0 Å². The molecule has 4 unspecified atom stereocenters. The zero-order valence-corrected chi connectivity index (χ0v) is 14.7. The molecule has 1 nitrogen and oxygen atoms in total. The van der Waals surface area contributed by atoms with Crippen LogP contribution in [0.2, 0.25) is 0 Å². The third-order valence-corrected chi connectivity index (χ3v) is 6.24. The van der Waals surface area contributed by atoms with Gasteiger partial charge < -0.3 is 5.11 Å². The zero-order valence-electron chi connectivity index (χ0n) is 14.7. The molecule has 0 saturated heterocycles. The highest BCUT2D eigenvalue weighted by atomic mass is 16.3. The monoisotopic (exact) mass is 290 g/mol. The van der Waals surface area contributed by atoms with E-state index in [1.54, 1.807) is 0 Å². The van der Waals surface area contributed by atoms with E-state index in [1.807, 2.05) is 0 Å². The number of aliphatic hydroxyl groups is 1. The van der Waals surface area contributed by atoms with Gasteiger partial charge in [0, 0.05) is 0 Å². The molecule has 2 aliphatic carbocycles. The smallest absolute Gasteiger partial charge is 0.0750 e. The molecule has 0 heterocycles. The zero-order chi connectivity index (χ0) is 15.6. The van der Waals surface area contributed by atoms with Crippen LogP contribution >= 0.6 is 0 Å². The van der Waals surface area contributed by atoms with Crippen LogP contribution in [-0.2, 0) is 0 Å². The van der Waals surface area contributed by atoms with Crippen molar-refractivity contribution in [3.8, 4) is 0 Å². The third-order valence-electron chi connectivity index (χ3n) is 6.24. The van der Waals surface area contributed by atoms with E-state index in [2.05, 4.69) is 46.8 Å². The van der Waals surface area contributed by atoms with Crippen LogP contribution in [0, 0.1) is 23.2 Å². The molecule has 1 heteroatoms. The van der Waals surface area contributed by atoms with Gasteiger partial charge in [-0.25, -0.2) is 0 Å². The van der Waals surface area contributed by atoms with E-state index in [0.29, 0.717) is 11.3 Å². The van der Waals surface area contributed by atoms with Crippen LogP contribution in [0.25, 0.3) is 0 Å². The average Bonchev–Trinajstić information content (AvgIpc) is 2.73. The second-order valence-corrected chi connectivity index (χ2v) is 8.20. The Morgan fingerprint density at radius 3 is 2.62 bits per heavy atom. The fourth-order valence-corrected chi connectivity index (χ4v) is 4.51. The summed E-state index contributed by atoms with van der Waals surface area (Å²) in [5, 5.41) is 10.6. The molecule has 1 N–H and O–H groups in total. The number of allylic oxidation sites excluding steroid dienone is 3. The molecule has 4 atom stereocenters. The van der Waals surface area contributed by atoms with Crippen molar-refractivity contribution >= 4 is 0 Å². The van der Waals surface area contributed by atoms with Gasteiger partial charge in [-0.15, -0.1) is 0 Å². The molecule has 0 aromatic carbocycles. The molecule has 0 spiro atoms. The number of hydrogen-bond acceptors (Lipinski definition) is 1. The SMILES string of the molecule is C/C1=C\CC2(C)CCC(C(C)C)C2CC(O)/C(C)=C/CC1. The summed E-state index contributed by atoms with van der Waals surface area (Å²) in [6.07, 6.45) is 11.5. The van der Waals surface area contributed by atoms with Crippen molar-refractivity contribution in [1.29, 1.82) is 0 Å². The Bertz CT molecular complexity index is 418. The standard InChI is InChI=1S/C20H34O/c1-14(2)17-10-12-20(5)11-9-15(3)7-6-8-16(4)19(21)13-18(17)20/h8-9,14,17-19,21H,6-7,10-13H2,1-5H3/b15-9+,16-8+. The topological polar surface area (TPSA) is 20.2 Å². The maximum absolute atomic E-state index is 10.6. The summed E-state index contributed by atoms with van der Waals surface area (Å²) in [7, 11) is 0. The molecular formula is C20H34O. The van der Waals surface area contributed by atoms with E-state index < -0.39 is 0 Å². The molecule has 0 bridgehead atoms. The van der Waals surface area contributed by atoms with Gasteiger partial charge in [-0.2, -0.15) is 0 Å². The fourth-order valence-electron chi connectivity index (χ4n) is 4.51. The van der Waals surface area contributed by atoms with Crippen molar-refractivity contribution in [2.45, 2.75) is 79.2 Å². The van der Waals surface area contributed by atoms with Gasteiger partial charge in [0.1, 0.15) is 0 Å². The van der Waals surface area contributed by atoms with Crippen molar-refractivity contribution in [3.63, 3.8) is 0 Å². The molecule has 0 amide bonds. The maximum Gasteiger partial charge on any atom is 0.0750 e. The minimum atomic E-state index is -0.243. The van der Waals surface area contributed by atoms with Gasteiger partial charge >= 0.3 is 0 Å². The molecule has 2 aliphatic rings. The highest BCUT2D eigenvalue weighted by molar-refractivity contribution is 5.12. The number of rotatable bonds is 1. The minimum Gasteiger partial charge on any atom is -0.389 e. The lowest BCUT2D eigenvalue weighted by atomic mass is 9.69. The third kappa shape index (κ3) is 3.80. The van der Waals surface area contributed by atoms with E-state index in [4.69, 9.17) is 0 Å². The molecule has 0 aliphatic heterocycles. The van der Waals surface area contributed by atoms with Gasteiger partial charge in [-0.1, -0.05) is 38.5 Å². The predicted molar refractivity (Wildman–Crippen MR) is 91.1 cm³/mol. The second kappa shape index (κ2) is 6.69. The summed E-state index contributed by atoms with van der Waals surface area (Å²) in [5.41, 5.74) is 3.08. The summed E-state index contributed by atoms with van der Waals surface area (Å²) in [4.78, 5) is 0. The van der Waals surface area contributed by atoms with E-state index in [1.165, 1.54) is 30.4 Å². The first-order valence-electron chi connectivity index (χ1n) is 8.84. The van der Waals surface area contributed by atoms with Crippen LogP contribution in [0.3, 0.4) is 0 Å². The van der Waals surface area contributed by atoms with Gasteiger partial charge in [-0.05, 0) is 81.1 Å². The molecule has 0 aromatic rings. The van der Waals surface area contributed by atoms with Crippen LogP contribution in [0.15, 0.2) is 23.3 Å². The first kappa shape index (κ1) is 16.8. The summed E-state index contributed by atoms with van der Waals surface area (Å²) < 4.78 is 0. The van der Waals surface area contributed by atoms with Crippen molar-refractivity contribution in [2.24, 2.45) is 23.2 Å². The molecule has 0 radical (unpaired) electrons. The number of hydrogen-bond donors (Lipinski definition) is 1. The van der Waals surface area contributed by atoms with Crippen LogP contribution < -0.4 is 0 Å². The Labute approximate surface area is 131 Å². The number of aliphatic hydroxyl groups excluding tert-OH is 1. The fraction of sp³-hybridized carbons (Fsp3) is 0.800. The summed E-state index contributed by atoms with van der Waals surface area (Å²) in [6.45, 7) is 11.6. The molecule has 1 fully saturated rings. The lowest BCUT2D eigenvalue weighted by molar-refractivity contribution is 0.0921. The van der Waals surface area contributed by atoms with Crippen molar-refractivity contribution in [2.75, 3.05) is 0 Å². The second-order valence-electron chi connectivity index (χ2n) is 8.20. The molecule has 21 heavy (non-hydrogen) atoms. The highest BCUT2D eigenvalue weighted by Crippen LogP contribution is 2.54. The van der Waals surface area contributed by atoms with Crippen LogP contribution in [0.5, 0.6) is 0 Å². The Morgan fingerprint density at radius 1 is 1.24 bits per heavy atom. The van der Waals surface area contributed by atoms with E-state index in [9.17, 15) is 5.11 Å². The van der Waals surface area contributed by atoms with Crippen molar-refractivity contribution < 1.29 is 5.11 Å². The van der Waals surface area contributed by atoms with Crippen LogP contribution in [0.4, 0.5) is 0 Å². The Balaban J connectivity index is 2.31. The van der Waals surface area contributed by atoms with Crippen LogP contribution in [0.1, 0.15) is 73.1 Å². The summed E-state index contributed by atoms with van der Waals surface area (Å²) in [5.74, 6) is 2.15. The Kier molecular flexibility index (Phi) is 5.35. The maximum atomic E-state index is 10.6. The lowest BCUT2D eigenvalue weighted by Gasteiger charge is -2.36. The summed E-state index contributed by atoms with van der Waals surface area (Å²) in [6, 6.07) is 0.